The number of para-hydroxylation sites is 2. The van der Waals surface area contributed by atoms with Gasteiger partial charge in [-0.3, -0.25) is 0 Å². The Kier molecular flexibility index (Phi) is 3.80. The normalized spacial score (nSPS) is 18.9. The Morgan fingerprint density at radius 2 is 1.36 bits per heavy atom. The summed E-state index contributed by atoms with van der Waals surface area (Å²) in [6.45, 7) is 7.06. The van der Waals surface area contributed by atoms with E-state index >= 15 is 0 Å². The fourth-order valence-electron chi connectivity index (χ4n) is 4.98. The van der Waals surface area contributed by atoms with E-state index in [1.165, 1.54) is 33.8 Å². The molecule has 138 valence electrons. The van der Waals surface area contributed by atoms with E-state index in [-0.39, 0.29) is 5.41 Å². The predicted octanol–water partition coefficient (Wildman–Crippen LogP) is 7.41. The molecule has 1 atom stereocenters. The zero-order chi connectivity index (χ0) is 19.3. The number of anilines is 3. The van der Waals surface area contributed by atoms with Crippen molar-refractivity contribution in [2.75, 3.05) is 4.90 Å². The van der Waals surface area contributed by atoms with Crippen LogP contribution in [-0.2, 0) is 5.41 Å². The van der Waals surface area contributed by atoms with Gasteiger partial charge in [0.05, 0.1) is 0 Å². The Morgan fingerprint density at radius 3 is 1.96 bits per heavy atom. The van der Waals surface area contributed by atoms with Gasteiger partial charge in [0.25, 0.3) is 0 Å². The van der Waals surface area contributed by atoms with Crippen LogP contribution in [0.15, 0.2) is 96.6 Å². The maximum Gasteiger partial charge on any atom is 0.0465 e. The first-order chi connectivity index (χ1) is 13.6. The standard InChI is InChI=1S/C27H25N/c1-19-14-16-24-23-17-15-22(18-25(23)27(2,3)26(19)24)28(20-10-6-4-7-11-20)21-12-8-5-9-13-21/h4-19H,1-3H3. The Balaban J connectivity index is 1.67. The van der Waals surface area contributed by atoms with E-state index in [0.29, 0.717) is 5.92 Å². The highest BCUT2D eigenvalue weighted by Crippen LogP contribution is 2.53. The van der Waals surface area contributed by atoms with Gasteiger partial charge in [0, 0.05) is 22.5 Å². The first-order valence-corrected chi connectivity index (χ1v) is 10.1. The summed E-state index contributed by atoms with van der Waals surface area (Å²) in [6, 6.07) is 28.2. The second kappa shape index (κ2) is 6.24. The summed E-state index contributed by atoms with van der Waals surface area (Å²) in [5, 5.41) is 0. The lowest BCUT2D eigenvalue weighted by Gasteiger charge is -2.30. The van der Waals surface area contributed by atoms with Crippen LogP contribution in [0, 0.1) is 5.92 Å². The molecule has 0 heterocycles. The minimum atomic E-state index is 0.0582. The average molecular weight is 364 g/mol. The molecule has 2 aliphatic carbocycles. The Hall–Kier alpha value is -3.06. The summed E-state index contributed by atoms with van der Waals surface area (Å²) in [7, 11) is 0. The molecule has 0 aliphatic heterocycles. The number of hydrogen-bond donors (Lipinski definition) is 0. The van der Waals surface area contributed by atoms with Crippen molar-refractivity contribution in [3.05, 3.63) is 108 Å². The van der Waals surface area contributed by atoms with Gasteiger partial charge in [0.2, 0.25) is 0 Å². The van der Waals surface area contributed by atoms with Crippen molar-refractivity contribution in [3.63, 3.8) is 0 Å². The molecular weight excluding hydrogens is 338 g/mol. The Labute approximate surface area is 167 Å². The summed E-state index contributed by atoms with van der Waals surface area (Å²) in [6.07, 6.45) is 4.66. The maximum absolute atomic E-state index is 2.40. The molecule has 0 aromatic heterocycles. The predicted molar refractivity (Wildman–Crippen MR) is 119 cm³/mol. The fraction of sp³-hybridized carbons (Fsp3) is 0.185. The van der Waals surface area contributed by atoms with Gasteiger partial charge in [0.1, 0.15) is 0 Å². The molecule has 3 aromatic carbocycles. The van der Waals surface area contributed by atoms with Crippen LogP contribution >= 0.6 is 0 Å². The summed E-state index contributed by atoms with van der Waals surface area (Å²) in [4.78, 5) is 2.35. The van der Waals surface area contributed by atoms with Crippen LogP contribution in [0.5, 0.6) is 0 Å². The molecule has 0 radical (unpaired) electrons. The summed E-state index contributed by atoms with van der Waals surface area (Å²) >= 11 is 0. The maximum atomic E-state index is 2.40. The molecule has 0 amide bonds. The van der Waals surface area contributed by atoms with Crippen molar-refractivity contribution in [2.45, 2.75) is 26.2 Å². The molecule has 1 nitrogen and oxygen atoms in total. The van der Waals surface area contributed by atoms with Crippen molar-refractivity contribution in [2.24, 2.45) is 5.92 Å². The van der Waals surface area contributed by atoms with Crippen molar-refractivity contribution < 1.29 is 0 Å². The molecule has 0 fully saturated rings. The molecule has 2 aliphatic rings. The van der Waals surface area contributed by atoms with Crippen molar-refractivity contribution in [1.29, 1.82) is 0 Å². The zero-order valence-corrected chi connectivity index (χ0v) is 16.7. The van der Waals surface area contributed by atoms with E-state index in [2.05, 4.69) is 117 Å². The smallest absolute Gasteiger partial charge is 0.0465 e. The van der Waals surface area contributed by atoms with E-state index in [9.17, 15) is 0 Å². The van der Waals surface area contributed by atoms with Crippen molar-refractivity contribution in [1.82, 2.24) is 0 Å². The molecule has 0 N–H and O–H groups in total. The highest BCUT2D eigenvalue weighted by Gasteiger charge is 2.41. The second-order valence-electron chi connectivity index (χ2n) is 8.34. The third kappa shape index (κ3) is 2.46. The molecule has 5 rings (SSSR count). The number of benzene rings is 3. The van der Waals surface area contributed by atoms with Gasteiger partial charge in [-0.1, -0.05) is 75.4 Å². The van der Waals surface area contributed by atoms with E-state index < -0.39 is 0 Å². The van der Waals surface area contributed by atoms with Crippen LogP contribution in [0.1, 0.15) is 31.9 Å². The first kappa shape index (κ1) is 17.1. The van der Waals surface area contributed by atoms with Crippen LogP contribution in [-0.4, -0.2) is 0 Å². The summed E-state index contributed by atoms with van der Waals surface area (Å²) in [5.74, 6) is 0.514. The second-order valence-corrected chi connectivity index (χ2v) is 8.34. The highest BCUT2D eigenvalue weighted by atomic mass is 15.1. The highest BCUT2D eigenvalue weighted by molar-refractivity contribution is 5.90. The van der Waals surface area contributed by atoms with Gasteiger partial charge >= 0.3 is 0 Å². The molecule has 1 heteroatoms. The number of nitrogens with zero attached hydrogens (tertiary/aromatic N) is 1. The number of hydrogen-bond acceptors (Lipinski definition) is 1. The summed E-state index contributed by atoms with van der Waals surface area (Å²) < 4.78 is 0. The molecule has 1 unspecified atom stereocenters. The number of rotatable bonds is 3. The fourth-order valence-corrected chi connectivity index (χ4v) is 4.98. The van der Waals surface area contributed by atoms with Gasteiger partial charge in [-0.15, -0.1) is 0 Å². The molecule has 3 aromatic rings. The quantitative estimate of drug-likeness (QED) is 0.468. The SMILES string of the molecule is CC1C=CC2=C1C(C)(C)c1cc(N(c3ccccc3)c3ccccc3)ccc12. The van der Waals surface area contributed by atoms with Gasteiger partial charge < -0.3 is 4.90 Å². The molecule has 0 bridgehead atoms. The minimum Gasteiger partial charge on any atom is -0.310 e. The lowest BCUT2D eigenvalue weighted by Crippen LogP contribution is -2.21. The lowest BCUT2D eigenvalue weighted by molar-refractivity contribution is 0.582. The van der Waals surface area contributed by atoms with Crippen LogP contribution in [0.2, 0.25) is 0 Å². The summed E-state index contributed by atoms with van der Waals surface area (Å²) in [5.41, 5.74) is 9.45. The molecular formula is C27H25N. The van der Waals surface area contributed by atoms with Crippen LogP contribution in [0.3, 0.4) is 0 Å². The molecule has 28 heavy (non-hydrogen) atoms. The molecule has 0 spiro atoms. The van der Waals surface area contributed by atoms with E-state index in [0.717, 1.165) is 0 Å². The van der Waals surface area contributed by atoms with Gasteiger partial charge in [-0.05, 0) is 64.6 Å². The van der Waals surface area contributed by atoms with E-state index in [1.807, 2.05) is 0 Å². The van der Waals surface area contributed by atoms with Crippen molar-refractivity contribution in [3.8, 4) is 0 Å². The van der Waals surface area contributed by atoms with Crippen LogP contribution in [0.25, 0.3) is 5.57 Å². The first-order valence-electron chi connectivity index (χ1n) is 10.1. The average Bonchev–Trinajstić information content (AvgIpc) is 3.21. The zero-order valence-electron chi connectivity index (χ0n) is 16.7. The monoisotopic (exact) mass is 363 g/mol. The Morgan fingerprint density at radius 1 is 0.750 bits per heavy atom. The molecule has 0 saturated carbocycles. The minimum absolute atomic E-state index is 0.0582. The largest absolute Gasteiger partial charge is 0.310 e. The number of fused-ring (bicyclic) bond motifs is 2. The van der Waals surface area contributed by atoms with E-state index in [1.54, 1.807) is 5.57 Å². The number of allylic oxidation sites excluding steroid dienone is 4. The van der Waals surface area contributed by atoms with Crippen LogP contribution in [0.4, 0.5) is 17.1 Å². The van der Waals surface area contributed by atoms with Gasteiger partial charge in [-0.25, -0.2) is 0 Å². The lowest BCUT2D eigenvalue weighted by atomic mass is 9.77. The van der Waals surface area contributed by atoms with Gasteiger partial charge in [-0.2, -0.15) is 0 Å². The van der Waals surface area contributed by atoms with Crippen molar-refractivity contribution >= 4 is 22.6 Å². The Bertz CT molecular complexity index is 1050. The van der Waals surface area contributed by atoms with E-state index in [4.69, 9.17) is 0 Å². The topological polar surface area (TPSA) is 3.24 Å². The third-order valence-electron chi connectivity index (χ3n) is 6.22. The van der Waals surface area contributed by atoms with Crippen LogP contribution < -0.4 is 4.90 Å². The molecule has 0 saturated heterocycles. The van der Waals surface area contributed by atoms with Gasteiger partial charge in [0.15, 0.2) is 0 Å². The third-order valence-corrected chi connectivity index (χ3v) is 6.22.